The van der Waals surface area contributed by atoms with Crippen molar-refractivity contribution in [3.05, 3.63) is 28.5 Å². The molecule has 1 aromatic heterocycles. The van der Waals surface area contributed by atoms with Crippen LogP contribution in [0.3, 0.4) is 0 Å². The van der Waals surface area contributed by atoms with E-state index < -0.39 is 6.04 Å². The van der Waals surface area contributed by atoms with E-state index in [0.29, 0.717) is 25.1 Å². The number of pyridine rings is 1. The molecule has 0 aliphatic carbocycles. The van der Waals surface area contributed by atoms with Gasteiger partial charge in [0.25, 0.3) is 5.91 Å². The number of aryl methyl sites for hydroxylation is 1. The lowest BCUT2D eigenvalue weighted by Gasteiger charge is -2.14. The summed E-state index contributed by atoms with van der Waals surface area (Å²) in [6.45, 7) is 4.36. The summed E-state index contributed by atoms with van der Waals surface area (Å²) < 4.78 is 4.84. The summed E-state index contributed by atoms with van der Waals surface area (Å²) in [6, 6.07) is 2.49. The molecule has 0 aromatic carbocycles. The van der Waals surface area contributed by atoms with E-state index in [2.05, 4.69) is 15.6 Å². The Morgan fingerprint density at radius 2 is 2.14 bits per heavy atom. The molecular weight excluding hydrogens is 294 g/mol. The Morgan fingerprint density at radius 1 is 1.43 bits per heavy atom. The molecule has 1 rings (SSSR count). The van der Waals surface area contributed by atoms with Gasteiger partial charge in [-0.15, -0.1) is 0 Å². The number of halogens is 1. The number of carbonyl (C=O) groups excluding carboxylic acids is 2. The molecule has 0 radical (unpaired) electrons. The predicted octanol–water partition coefficient (Wildman–Crippen LogP) is 1.18. The average molecular weight is 314 g/mol. The van der Waals surface area contributed by atoms with Crippen LogP contribution in [0.1, 0.15) is 29.9 Å². The monoisotopic (exact) mass is 313 g/mol. The summed E-state index contributed by atoms with van der Waals surface area (Å²) in [4.78, 5) is 28.0. The molecule has 1 heterocycles. The highest BCUT2D eigenvalue weighted by Gasteiger charge is 2.17. The van der Waals surface area contributed by atoms with Crippen molar-refractivity contribution in [1.82, 2.24) is 15.6 Å². The van der Waals surface area contributed by atoms with Crippen LogP contribution in [-0.4, -0.2) is 43.1 Å². The Balaban J connectivity index is 2.63. The molecule has 0 fully saturated rings. The van der Waals surface area contributed by atoms with Crippen molar-refractivity contribution in [2.75, 3.05) is 20.3 Å². The molecule has 1 atom stereocenters. The highest BCUT2D eigenvalue weighted by Crippen LogP contribution is 2.11. The Bertz CT molecular complexity index is 508. The van der Waals surface area contributed by atoms with Gasteiger partial charge in [-0.1, -0.05) is 18.5 Å². The summed E-state index contributed by atoms with van der Waals surface area (Å²) in [5.74, 6) is -0.625. The second-order valence-electron chi connectivity index (χ2n) is 4.50. The summed E-state index contributed by atoms with van der Waals surface area (Å²) >= 11 is 5.87. The number of hydrogen-bond donors (Lipinski definition) is 2. The van der Waals surface area contributed by atoms with Gasteiger partial charge >= 0.3 is 0 Å². The molecule has 21 heavy (non-hydrogen) atoms. The van der Waals surface area contributed by atoms with E-state index in [1.807, 2.05) is 6.92 Å². The Hall–Kier alpha value is -1.66. The molecule has 0 bridgehead atoms. The molecule has 0 saturated heterocycles. The van der Waals surface area contributed by atoms with Crippen molar-refractivity contribution >= 4 is 23.4 Å². The lowest BCUT2D eigenvalue weighted by atomic mass is 10.2. The number of hydrogen-bond acceptors (Lipinski definition) is 4. The van der Waals surface area contributed by atoms with E-state index in [1.54, 1.807) is 20.1 Å². The van der Waals surface area contributed by atoms with Crippen LogP contribution < -0.4 is 10.6 Å². The molecule has 0 saturated carbocycles. The zero-order chi connectivity index (χ0) is 15.8. The van der Waals surface area contributed by atoms with E-state index in [1.165, 1.54) is 6.07 Å². The fourth-order valence-electron chi connectivity index (χ4n) is 1.64. The highest BCUT2D eigenvalue weighted by molar-refractivity contribution is 6.29. The van der Waals surface area contributed by atoms with Crippen LogP contribution in [0, 0.1) is 0 Å². The SMILES string of the molecule is CCc1cc(C(=O)NC(C)C(=O)NCCOC)cc(Cl)n1. The van der Waals surface area contributed by atoms with Crippen molar-refractivity contribution in [2.45, 2.75) is 26.3 Å². The van der Waals surface area contributed by atoms with E-state index in [-0.39, 0.29) is 17.0 Å². The van der Waals surface area contributed by atoms with E-state index in [9.17, 15) is 9.59 Å². The van der Waals surface area contributed by atoms with Crippen LogP contribution in [0.25, 0.3) is 0 Å². The molecule has 2 amide bonds. The van der Waals surface area contributed by atoms with Crippen LogP contribution in [0.4, 0.5) is 0 Å². The predicted molar refractivity (Wildman–Crippen MR) is 80.4 cm³/mol. The Morgan fingerprint density at radius 3 is 2.76 bits per heavy atom. The molecule has 2 N–H and O–H groups in total. The summed E-state index contributed by atoms with van der Waals surface area (Å²) in [5.41, 5.74) is 1.12. The number of methoxy groups -OCH3 is 1. The normalized spacial score (nSPS) is 11.8. The number of nitrogens with zero attached hydrogens (tertiary/aromatic N) is 1. The molecule has 116 valence electrons. The third kappa shape index (κ3) is 5.69. The van der Waals surface area contributed by atoms with Crippen molar-refractivity contribution in [3.8, 4) is 0 Å². The molecule has 0 spiro atoms. The van der Waals surface area contributed by atoms with Crippen molar-refractivity contribution in [3.63, 3.8) is 0 Å². The molecule has 0 aliphatic heterocycles. The van der Waals surface area contributed by atoms with Gasteiger partial charge in [0, 0.05) is 24.9 Å². The van der Waals surface area contributed by atoms with Crippen LogP contribution in [0.2, 0.25) is 5.15 Å². The van der Waals surface area contributed by atoms with Gasteiger partial charge in [-0.2, -0.15) is 0 Å². The minimum Gasteiger partial charge on any atom is -0.383 e. The molecule has 1 aromatic rings. The number of ether oxygens (including phenoxy) is 1. The largest absolute Gasteiger partial charge is 0.383 e. The maximum absolute atomic E-state index is 12.1. The number of rotatable bonds is 7. The number of aromatic nitrogens is 1. The second kappa shape index (κ2) is 8.59. The zero-order valence-corrected chi connectivity index (χ0v) is 13.2. The van der Waals surface area contributed by atoms with Gasteiger partial charge in [-0.25, -0.2) is 4.98 Å². The molecule has 0 aliphatic rings. The van der Waals surface area contributed by atoms with Gasteiger partial charge in [0.1, 0.15) is 11.2 Å². The van der Waals surface area contributed by atoms with E-state index in [0.717, 1.165) is 5.69 Å². The quantitative estimate of drug-likeness (QED) is 0.585. The van der Waals surface area contributed by atoms with E-state index >= 15 is 0 Å². The first-order valence-electron chi connectivity index (χ1n) is 6.71. The maximum Gasteiger partial charge on any atom is 0.252 e. The van der Waals surface area contributed by atoms with Crippen LogP contribution in [-0.2, 0) is 16.0 Å². The first-order chi connectivity index (χ1) is 9.97. The highest BCUT2D eigenvalue weighted by atomic mass is 35.5. The van der Waals surface area contributed by atoms with Crippen LogP contribution in [0.5, 0.6) is 0 Å². The molecule has 7 heteroatoms. The fraction of sp³-hybridized carbons (Fsp3) is 0.500. The van der Waals surface area contributed by atoms with Gasteiger partial charge in [0.2, 0.25) is 5.91 Å². The molecule has 1 unspecified atom stereocenters. The van der Waals surface area contributed by atoms with Gasteiger partial charge < -0.3 is 15.4 Å². The maximum atomic E-state index is 12.1. The van der Waals surface area contributed by atoms with Gasteiger partial charge in [0.15, 0.2) is 0 Å². The Labute approximate surface area is 129 Å². The average Bonchev–Trinajstić information content (AvgIpc) is 2.46. The minimum atomic E-state index is -0.647. The molecular formula is C14H20ClN3O3. The van der Waals surface area contributed by atoms with Crippen molar-refractivity contribution in [1.29, 1.82) is 0 Å². The second-order valence-corrected chi connectivity index (χ2v) is 4.89. The van der Waals surface area contributed by atoms with Crippen molar-refractivity contribution < 1.29 is 14.3 Å². The minimum absolute atomic E-state index is 0.261. The first kappa shape index (κ1) is 17.4. The van der Waals surface area contributed by atoms with Crippen LogP contribution in [0.15, 0.2) is 12.1 Å². The number of nitrogens with one attached hydrogen (secondary N) is 2. The van der Waals surface area contributed by atoms with Gasteiger partial charge in [-0.3, -0.25) is 9.59 Å². The summed E-state index contributed by atoms with van der Waals surface area (Å²) in [7, 11) is 1.55. The first-order valence-corrected chi connectivity index (χ1v) is 7.09. The van der Waals surface area contributed by atoms with Crippen LogP contribution >= 0.6 is 11.6 Å². The van der Waals surface area contributed by atoms with Gasteiger partial charge in [0.05, 0.1) is 6.61 Å². The third-order valence-electron chi connectivity index (χ3n) is 2.82. The smallest absolute Gasteiger partial charge is 0.252 e. The third-order valence-corrected chi connectivity index (χ3v) is 3.01. The zero-order valence-electron chi connectivity index (χ0n) is 12.4. The number of amides is 2. The van der Waals surface area contributed by atoms with Crippen molar-refractivity contribution in [2.24, 2.45) is 0 Å². The topological polar surface area (TPSA) is 80.3 Å². The lowest BCUT2D eigenvalue weighted by Crippen LogP contribution is -2.45. The van der Waals surface area contributed by atoms with E-state index in [4.69, 9.17) is 16.3 Å². The Kier molecular flexibility index (Phi) is 7.11. The van der Waals surface area contributed by atoms with Gasteiger partial charge in [-0.05, 0) is 25.5 Å². The summed E-state index contributed by atoms with van der Waals surface area (Å²) in [6.07, 6.45) is 0.675. The number of carbonyl (C=O) groups is 2. The summed E-state index contributed by atoms with van der Waals surface area (Å²) in [5, 5.41) is 5.54. The fourth-order valence-corrected chi connectivity index (χ4v) is 1.86. The lowest BCUT2D eigenvalue weighted by molar-refractivity contribution is -0.122. The molecule has 6 nitrogen and oxygen atoms in total. The standard InChI is InChI=1S/C14H20ClN3O3/c1-4-11-7-10(8-12(15)18-11)14(20)17-9(2)13(19)16-5-6-21-3/h7-9H,4-6H2,1-3H3,(H,16,19)(H,17,20).